The molecular weight excluding hydrogens is 232 g/mol. The number of aliphatic hydroxyl groups excluding tert-OH is 2. The van der Waals surface area contributed by atoms with Crippen molar-refractivity contribution >= 4 is 17.7 Å². The van der Waals surface area contributed by atoms with Crippen LogP contribution in [0.25, 0.3) is 0 Å². The zero-order valence-corrected chi connectivity index (χ0v) is 10.8. The fourth-order valence-corrected chi connectivity index (χ4v) is 2.19. The Morgan fingerprint density at radius 2 is 1.88 bits per heavy atom. The van der Waals surface area contributed by atoms with Crippen LogP contribution in [0, 0.1) is 0 Å². The molecule has 0 saturated carbocycles. The maximum absolute atomic E-state index is 12.1. The first kappa shape index (κ1) is 13.7. The first-order valence-electron chi connectivity index (χ1n) is 5.22. The highest BCUT2D eigenvalue weighted by Crippen LogP contribution is 2.39. The highest BCUT2D eigenvalue weighted by atomic mass is 35.5. The summed E-state index contributed by atoms with van der Waals surface area (Å²) in [6, 6.07) is 0. The molecule has 2 N–H and O–H groups in total. The average molecular weight is 251 g/mol. The maximum atomic E-state index is 12.1. The SMILES string of the molecule is CC1(C)C(=O)N(CC(O)CO)C(C)(C)N1Cl. The first-order valence-corrected chi connectivity index (χ1v) is 5.56. The summed E-state index contributed by atoms with van der Waals surface area (Å²) in [5.74, 6) is -0.153. The van der Waals surface area contributed by atoms with Crippen LogP contribution in [-0.2, 0) is 4.79 Å². The third kappa shape index (κ3) is 1.93. The van der Waals surface area contributed by atoms with Gasteiger partial charge in [0.05, 0.1) is 19.3 Å². The van der Waals surface area contributed by atoms with Gasteiger partial charge in [-0.25, -0.2) is 0 Å². The van der Waals surface area contributed by atoms with Crippen LogP contribution in [0.2, 0.25) is 0 Å². The quantitative estimate of drug-likeness (QED) is 0.700. The standard InChI is InChI=1S/C10H19ClN2O3/c1-9(2)8(16)12(5-7(15)6-14)10(3,4)13(9)11/h7,14-15H,5-6H2,1-4H3. The van der Waals surface area contributed by atoms with E-state index in [-0.39, 0.29) is 19.1 Å². The third-order valence-corrected chi connectivity index (χ3v) is 3.84. The molecule has 1 atom stereocenters. The number of β-amino-alcohol motifs (C(OH)–C–C–N with tert-alkyl or cyclic N) is 1. The lowest BCUT2D eigenvalue weighted by atomic mass is 10.1. The van der Waals surface area contributed by atoms with E-state index in [4.69, 9.17) is 16.9 Å². The fraction of sp³-hybridized carbons (Fsp3) is 0.900. The lowest BCUT2D eigenvalue weighted by Gasteiger charge is -2.36. The van der Waals surface area contributed by atoms with Crippen molar-refractivity contribution in [2.45, 2.75) is 45.0 Å². The van der Waals surface area contributed by atoms with Crippen LogP contribution in [-0.4, -0.2) is 55.9 Å². The third-order valence-electron chi connectivity index (χ3n) is 3.00. The van der Waals surface area contributed by atoms with Gasteiger partial charge in [0.1, 0.15) is 11.2 Å². The molecule has 5 nitrogen and oxygen atoms in total. The molecule has 0 aromatic heterocycles. The highest BCUT2D eigenvalue weighted by molar-refractivity contribution is 6.17. The Hall–Kier alpha value is -0.360. The maximum Gasteiger partial charge on any atom is 0.245 e. The molecule has 16 heavy (non-hydrogen) atoms. The second-order valence-corrected chi connectivity index (χ2v) is 5.42. The predicted molar refractivity (Wildman–Crippen MR) is 60.7 cm³/mol. The van der Waals surface area contributed by atoms with Crippen LogP contribution in [0.4, 0.5) is 0 Å². The van der Waals surface area contributed by atoms with E-state index in [9.17, 15) is 9.90 Å². The van der Waals surface area contributed by atoms with Crippen LogP contribution >= 0.6 is 11.8 Å². The molecule has 0 aliphatic carbocycles. The van der Waals surface area contributed by atoms with Crippen molar-refractivity contribution < 1.29 is 15.0 Å². The Kier molecular flexibility index (Phi) is 3.55. The highest BCUT2D eigenvalue weighted by Gasteiger charge is 2.56. The number of rotatable bonds is 3. The van der Waals surface area contributed by atoms with Crippen molar-refractivity contribution in [2.24, 2.45) is 0 Å². The number of carbonyl (C=O) groups is 1. The summed E-state index contributed by atoms with van der Waals surface area (Å²) < 4.78 is 1.45. The molecule has 1 rings (SSSR count). The van der Waals surface area contributed by atoms with Crippen LogP contribution in [0.3, 0.4) is 0 Å². The lowest BCUT2D eigenvalue weighted by Crippen LogP contribution is -2.49. The van der Waals surface area contributed by atoms with E-state index in [0.29, 0.717) is 0 Å². The normalized spacial score (nSPS) is 26.2. The van der Waals surface area contributed by atoms with Crippen molar-refractivity contribution in [1.82, 2.24) is 9.32 Å². The van der Waals surface area contributed by atoms with Gasteiger partial charge in [-0.05, 0) is 39.5 Å². The van der Waals surface area contributed by atoms with Gasteiger partial charge in [0.15, 0.2) is 0 Å². The molecule has 0 bridgehead atoms. The number of halogens is 1. The Bertz CT molecular complexity index is 294. The van der Waals surface area contributed by atoms with Gasteiger partial charge >= 0.3 is 0 Å². The molecular formula is C10H19ClN2O3. The molecule has 0 spiro atoms. The number of amides is 1. The van der Waals surface area contributed by atoms with E-state index in [0.717, 1.165) is 0 Å². The van der Waals surface area contributed by atoms with Gasteiger partial charge < -0.3 is 15.1 Å². The van der Waals surface area contributed by atoms with Gasteiger partial charge in [-0.15, -0.1) is 0 Å². The Morgan fingerprint density at radius 3 is 2.19 bits per heavy atom. The number of hydrogen-bond donors (Lipinski definition) is 2. The summed E-state index contributed by atoms with van der Waals surface area (Å²) in [5.41, 5.74) is -1.49. The van der Waals surface area contributed by atoms with Crippen LogP contribution in [0.1, 0.15) is 27.7 Å². The van der Waals surface area contributed by atoms with Crippen molar-refractivity contribution in [3.8, 4) is 0 Å². The van der Waals surface area contributed by atoms with Crippen LogP contribution in [0.5, 0.6) is 0 Å². The molecule has 1 unspecified atom stereocenters. The smallest absolute Gasteiger partial charge is 0.245 e. The van der Waals surface area contributed by atoms with Crippen LogP contribution < -0.4 is 0 Å². The van der Waals surface area contributed by atoms with Crippen molar-refractivity contribution in [1.29, 1.82) is 0 Å². The summed E-state index contributed by atoms with van der Waals surface area (Å²) in [7, 11) is 0. The van der Waals surface area contributed by atoms with E-state index in [1.54, 1.807) is 27.7 Å². The van der Waals surface area contributed by atoms with Gasteiger partial charge in [-0.3, -0.25) is 4.79 Å². The van der Waals surface area contributed by atoms with E-state index in [1.165, 1.54) is 9.32 Å². The Morgan fingerprint density at radius 1 is 1.38 bits per heavy atom. The van der Waals surface area contributed by atoms with Crippen molar-refractivity contribution in [2.75, 3.05) is 13.2 Å². The van der Waals surface area contributed by atoms with Gasteiger partial charge in [-0.1, -0.05) is 0 Å². The molecule has 1 saturated heterocycles. The second kappa shape index (κ2) is 4.14. The Labute approximate surface area is 101 Å². The topological polar surface area (TPSA) is 64.0 Å². The molecule has 94 valence electrons. The molecule has 6 heteroatoms. The van der Waals surface area contributed by atoms with E-state index in [1.807, 2.05) is 0 Å². The number of nitrogens with zero attached hydrogens (tertiary/aromatic N) is 2. The summed E-state index contributed by atoms with van der Waals surface area (Å²) in [4.78, 5) is 13.6. The molecule has 1 heterocycles. The number of hydrogen-bond acceptors (Lipinski definition) is 4. The van der Waals surface area contributed by atoms with Gasteiger partial charge in [0, 0.05) is 0 Å². The van der Waals surface area contributed by atoms with E-state index < -0.39 is 17.3 Å². The second-order valence-electron chi connectivity index (χ2n) is 5.09. The zero-order chi connectivity index (χ0) is 12.7. The lowest BCUT2D eigenvalue weighted by molar-refractivity contribution is -0.135. The summed E-state index contributed by atoms with van der Waals surface area (Å²) in [5, 5.41) is 18.2. The fourth-order valence-electron chi connectivity index (χ4n) is 2.03. The Balaban J connectivity index is 2.97. The molecule has 1 amide bonds. The number of aliphatic hydroxyl groups is 2. The summed E-state index contributed by atoms with van der Waals surface area (Å²) in [6.07, 6.45) is -0.942. The summed E-state index contributed by atoms with van der Waals surface area (Å²) in [6.45, 7) is 6.77. The summed E-state index contributed by atoms with van der Waals surface area (Å²) >= 11 is 6.14. The molecule has 1 aliphatic rings. The monoisotopic (exact) mass is 250 g/mol. The van der Waals surface area contributed by atoms with Crippen molar-refractivity contribution in [3.05, 3.63) is 0 Å². The van der Waals surface area contributed by atoms with E-state index >= 15 is 0 Å². The predicted octanol–water partition coefficient (Wildman–Crippen LogP) is 0.152. The molecule has 0 radical (unpaired) electrons. The molecule has 0 aromatic rings. The average Bonchev–Trinajstić information content (AvgIpc) is 2.31. The molecule has 1 aliphatic heterocycles. The zero-order valence-electron chi connectivity index (χ0n) is 10.1. The van der Waals surface area contributed by atoms with Crippen molar-refractivity contribution in [3.63, 3.8) is 0 Å². The first-order chi connectivity index (χ1) is 7.15. The van der Waals surface area contributed by atoms with Gasteiger partial charge in [0.2, 0.25) is 5.91 Å². The molecule has 0 aromatic carbocycles. The minimum Gasteiger partial charge on any atom is -0.394 e. The van der Waals surface area contributed by atoms with E-state index in [2.05, 4.69) is 0 Å². The minimum absolute atomic E-state index is 0.0784. The minimum atomic E-state index is -0.942. The van der Waals surface area contributed by atoms with Crippen LogP contribution in [0.15, 0.2) is 0 Å². The largest absolute Gasteiger partial charge is 0.394 e. The molecule has 1 fully saturated rings. The van der Waals surface area contributed by atoms with Gasteiger partial charge in [0.25, 0.3) is 0 Å². The number of carbonyl (C=O) groups excluding carboxylic acids is 1. The van der Waals surface area contributed by atoms with Gasteiger partial charge in [-0.2, -0.15) is 4.42 Å².